The average molecular weight is 353 g/mol. The summed E-state index contributed by atoms with van der Waals surface area (Å²) >= 11 is 0. The summed E-state index contributed by atoms with van der Waals surface area (Å²) in [6.45, 7) is 4.76. The third-order valence-corrected chi connectivity index (χ3v) is 4.25. The summed E-state index contributed by atoms with van der Waals surface area (Å²) in [4.78, 5) is 26.5. The molecule has 0 spiro atoms. The molecule has 1 aliphatic heterocycles. The number of anilines is 1. The van der Waals surface area contributed by atoms with Crippen molar-refractivity contribution in [2.75, 3.05) is 18.0 Å². The van der Waals surface area contributed by atoms with Gasteiger partial charge >= 0.3 is 6.18 Å². The first-order valence-electron chi connectivity index (χ1n) is 7.87. The minimum Gasteiger partial charge on any atom is -0.367 e. The maximum atomic E-state index is 12.6. The number of aromatic nitrogens is 3. The first-order valence-corrected chi connectivity index (χ1v) is 7.87. The van der Waals surface area contributed by atoms with Crippen LogP contribution in [0, 0.1) is 0 Å². The molecule has 6 nitrogen and oxygen atoms in total. The minimum absolute atomic E-state index is 0.0700. The van der Waals surface area contributed by atoms with Crippen LogP contribution in [0.15, 0.2) is 30.9 Å². The van der Waals surface area contributed by atoms with Gasteiger partial charge in [-0.25, -0.2) is 9.97 Å². The van der Waals surface area contributed by atoms with E-state index < -0.39 is 11.9 Å². The number of aromatic amines is 1. The highest BCUT2D eigenvalue weighted by Crippen LogP contribution is 2.28. The molecule has 0 aromatic carbocycles. The van der Waals surface area contributed by atoms with E-state index >= 15 is 0 Å². The summed E-state index contributed by atoms with van der Waals surface area (Å²) in [6, 6.07) is 1.49. The van der Waals surface area contributed by atoms with Gasteiger partial charge in [-0.05, 0) is 19.9 Å². The van der Waals surface area contributed by atoms with E-state index in [4.69, 9.17) is 0 Å². The Labute approximate surface area is 142 Å². The van der Waals surface area contributed by atoms with Crippen molar-refractivity contribution in [2.24, 2.45) is 0 Å². The Balaban J connectivity index is 1.74. The maximum absolute atomic E-state index is 12.6. The zero-order valence-corrected chi connectivity index (χ0v) is 13.8. The number of nitrogens with zero attached hydrogens (tertiary/aromatic N) is 4. The number of amides is 1. The number of rotatable bonds is 2. The van der Waals surface area contributed by atoms with E-state index in [2.05, 4.69) is 15.0 Å². The lowest BCUT2D eigenvalue weighted by Crippen LogP contribution is -2.59. The van der Waals surface area contributed by atoms with Crippen LogP contribution in [0.1, 0.15) is 29.9 Å². The molecule has 134 valence electrons. The molecule has 1 amide bonds. The Morgan fingerprint density at radius 3 is 2.36 bits per heavy atom. The van der Waals surface area contributed by atoms with Crippen LogP contribution in [0.3, 0.4) is 0 Å². The van der Waals surface area contributed by atoms with Gasteiger partial charge in [0.15, 0.2) is 5.69 Å². The second-order valence-corrected chi connectivity index (χ2v) is 6.17. The van der Waals surface area contributed by atoms with E-state index in [0.29, 0.717) is 24.5 Å². The molecule has 2 aromatic rings. The summed E-state index contributed by atoms with van der Waals surface area (Å²) in [5, 5.41) is 0. The topological polar surface area (TPSA) is 65.1 Å². The van der Waals surface area contributed by atoms with Gasteiger partial charge in [-0.1, -0.05) is 0 Å². The Bertz CT molecular complexity index is 717. The van der Waals surface area contributed by atoms with Crippen LogP contribution >= 0.6 is 0 Å². The number of alkyl halides is 3. The second kappa shape index (κ2) is 6.38. The largest absolute Gasteiger partial charge is 0.434 e. The van der Waals surface area contributed by atoms with Crippen LogP contribution in [0.25, 0.3) is 0 Å². The average Bonchev–Trinajstić information content (AvgIpc) is 3.08. The quantitative estimate of drug-likeness (QED) is 0.901. The van der Waals surface area contributed by atoms with Gasteiger partial charge in [0.2, 0.25) is 0 Å². The summed E-state index contributed by atoms with van der Waals surface area (Å²) in [7, 11) is 0. The number of carbonyl (C=O) groups is 1. The zero-order chi connectivity index (χ0) is 18.2. The van der Waals surface area contributed by atoms with Crippen molar-refractivity contribution in [3.8, 4) is 0 Å². The van der Waals surface area contributed by atoms with Crippen LogP contribution in [0.5, 0.6) is 0 Å². The molecule has 9 heteroatoms. The smallest absolute Gasteiger partial charge is 0.367 e. The van der Waals surface area contributed by atoms with Gasteiger partial charge < -0.3 is 14.8 Å². The SMILES string of the molecule is C[C@@H]1CN(c2cnc(C(F)(F)F)cn2)C[C@H](C)N1C(=O)c1cc[nH]c1. The molecule has 3 heterocycles. The highest BCUT2D eigenvalue weighted by Gasteiger charge is 2.35. The molecule has 0 saturated carbocycles. The van der Waals surface area contributed by atoms with Crippen molar-refractivity contribution < 1.29 is 18.0 Å². The fourth-order valence-electron chi connectivity index (χ4n) is 3.15. The fourth-order valence-corrected chi connectivity index (χ4v) is 3.15. The summed E-state index contributed by atoms with van der Waals surface area (Å²) in [5.74, 6) is 0.305. The van der Waals surface area contributed by atoms with Crippen LogP contribution in [0.2, 0.25) is 0 Å². The molecule has 2 atom stereocenters. The van der Waals surface area contributed by atoms with E-state index in [1.807, 2.05) is 18.7 Å². The number of piperazine rings is 1. The van der Waals surface area contributed by atoms with E-state index in [0.717, 1.165) is 12.4 Å². The van der Waals surface area contributed by atoms with Gasteiger partial charge in [-0.3, -0.25) is 4.79 Å². The number of hydrogen-bond acceptors (Lipinski definition) is 4. The Morgan fingerprint density at radius 1 is 1.20 bits per heavy atom. The molecule has 2 aromatic heterocycles. The lowest BCUT2D eigenvalue weighted by Gasteiger charge is -2.44. The van der Waals surface area contributed by atoms with Crippen LogP contribution in [0.4, 0.5) is 19.0 Å². The summed E-state index contributed by atoms with van der Waals surface area (Å²) in [5.41, 5.74) is -0.430. The van der Waals surface area contributed by atoms with Crippen LogP contribution < -0.4 is 4.90 Å². The number of nitrogens with one attached hydrogen (secondary N) is 1. The molecule has 25 heavy (non-hydrogen) atoms. The molecule has 1 aliphatic rings. The second-order valence-electron chi connectivity index (χ2n) is 6.17. The number of H-pyrrole nitrogens is 1. The van der Waals surface area contributed by atoms with E-state index in [9.17, 15) is 18.0 Å². The molecule has 1 saturated heterocycles. The number of carbonyl (C=O) groups excluding carboxylic acids is 1. The van der Waals surface area contributed by atoms with E-state index in [1.165, 1.54) is 0 Å². The van der Waals surface area contributed by atoms with Crippen molar-refractivity contribution in [3.63, 3.8) is 0 Å². The highest BCUT2D eigenvalue weighted by molar-refractivity contribution is 5.94. The van der Waals surface area contributed by atoms with Gasteiger partial charge in [0.25, 0.3) is 5.91 Å². The Hall–Kier alpha value is -2.58. The minimum atomic E-state index is -4.51. The first kappa shape index (κ1) is 17.2. The Kier molecular flexibility index (Phi) is 4.40. The number of halogens is 3. The maximum Gasteiger partial charge on any atom is 0.434 e. The van der Waals surface area contributed by atoms with Gasteiger partial charge in [0, 0.05) is 37.6 Å². The molecular formula is C16H18F3N5O. The summed E-state index contributed by atoms with van der Waals surface area (Å²) in [6.07, 6.45) is 0.702. The molecule has 0 aliphatic carbocycles. The van der Waals surface area contributed by atoms with Crippen LogP contribution in [-0.4, -0.2) is 50.9 Å². The predicted octanol–water partition coefficient (Wildman–Crippen LogP) is 2.56. The fraction of sp³-hybridized carbons (Fsp3) is 0.438. The van der Waals surface area contributed by atoms with Gasteiger partial charge in [-0.2, -0.15) is 13.2 Å². The van der Waals surface area contributed by atoms with Crippen molar-refractivity contribution in [1.29, 1.82) is 0 Å². The predicted molar refractivity (Wildman–Crippen MR) is 85.1 cm³/mol. The third-order valence-electron chi connectivity index (χ3n) is 4.25. The first-order chi connectivity index (χ1) is 11.8. The Morgan fingerprint density at radius 2 is 1.88 bits per heavy atom. The molecule has 1 fully saturated rings. The van der Waals surface area contributed by atoms with Gasteiger partial charge in [0.1, 0.15) is 5.82 Å². The zero-order valence-electron chi connectivity index (χ0n) is 13.8. The standard InChI is InChI=1S/C16H18F3N5O/c1-10-8-23(14-7-21-13(6-22-14)16(17,18)19)9-11(2)24(10)15(25)12-3-4-20-5-12/h3-7,10-11,20H,8-9H2,1-2H3/t10-,11+. The molecule has 3 rings (SSSR count). The van der Waals surface area contributed by atoms with Crippen molar-refractivity contribution in [2.45, 2.75) is 32.1 Å². The van der Waals surface area contributed by atoms with Crippen molar-refractivity contribution in [3.05, 3.63) is 42.1 Å². The number of hydrogen-bond donors (Lipinski definition) is 1. The summed E-state index contributed by atoms with van der Waals surface area (Å²) < 4.78 is 37.8. The van der Waals surface area contributed by atoms with Gasteiger partial charge in [0.05, 0.1) is 18.0 Å². The third kappa shape index (κ3) is 3.45. The molecule has 1 N–H and O–H groups in total. The van der Waals surface area contributed by atoms with Gasteiger partial charge in [-0.15, -0.1) is 0 Å². The molecule has 0 bridgehead atoms. The normalized spacial score (nSPS) is 21.5. The molecule has 0 unspecified atom stereocenters. The molecule has 0 radical (unpaired) electrons. The van der Waals surface area contributed by atoms with Crippen molar-refractivity contribution >= 4 is 11.7 Å². The monoisotopic (exact) mass is 353 g/mol. The highest BCUT2D eigenvalue weighted by atomic mass is 19.4. The van der Waals surface area contributed by atoms with Crippen molar-refractivity contribution in [1.82, 2.24) is 19.9 Å². The van der Waals surface area contributed by atoms with E-state index in [1.54, 1.807) is 23.4 Å². The molecular weight excluding hydrogens is 335 g/mol. The van der Waals surface area contributed by atoms with Crippen LogP contribution in [-0.2, 0) is 6.18 Å². The lowest BCUT2D eigenvalue weighted by atomic mass is 10.1. The van der Waals surface area contributed by atoms with E-state index in [-0.39, 0.29) is 18.0 Å². The lowest BCUT2D eigenvalue weighted by molar-refractivity contribution is -0.141.